The van der Waals surface area contributed by atoms with Gasteiger partial charge in [-0.15, -0.1) is 0 Å². The van der Waals surface area contributed by atoms with E-state index in [4.69, 9.17) is 18.6 Å². The second-order valence-electron chi connectivity index (χ2n) is 8.46. The highest BCUT2D eigenvalue weighted by molar-refractivity contribution is 5.71. The van der Waals surface area contributed by atoms with Gasteiger partial charge in [0, 0.05) is 19.2 Å². The summed E-state index contributed by atoms with van der Waals surface area (Å²) >= 11 is 0. The Labute approximate surface area is 196 Å². The molecule has 0 saturated heterocycles. The van der Waals surface area contributed by atoms with Crippen molar-refractivity contribution >= 4 is 5.97 Å². The van der Waals surface area contributed by atoms with Crippen molar-refractivity contribution in [3.05, 3.63) is 87.0 Å². The summed E-state index contributed by atoms with van der Waals surface area (Å²) in [6.07, 6.45) is 0.792. The molecule has 0 saturated carbocycles. The van der Waals surface area contributed by atoms with E-state index in [0.717, 1.165) is 19.5 Å². The lowest BCUT2D eigenvalue weighted by molar-refractivity contribution is -0.140. The molecule has 176 valence electrons. The number of aromatic hydroxyl groups is 1. The summed E-state index contributed by atoms with van der Waals surface area (Å²) < 4.78 is 21.8. The quantitative estimate of drug-likeness (QED) is 0.556. The number of fused-ring (bicyclic) bond motifs is 2. The second-order valence-corrected chi connectivity index (χ2v) is 8.46. The van der Waals surface area contributed by atoms with Gasteiger partial charge in [-0.3, -0.25) is 14.5 Å². The molecule has 1 aromatic heterocycles. The number of hydrogen-bond donors (Lipinski definition) is 1. The van der Waals surface area contributed by atoms with Crippen LogP contribution in [0.5, 0.6) is 17.2 Å². The Kier molecular flexibility index (Phi) is 5.98. The van der Waals surface area contributed by atoms with Crippen molar-refractivity contribution in [2.24, 2.45) is 0 Å². The predicted molar refractivity (Wildman–Crippen MR) is 122 cm³/mol. The van der Waals surface area contributed by atoms with Crippen LogP contribution in [0.1, 0.15) is 40.5 Å². The maximum Gasteiger partial charge on any atom is 0.306 e. The van der Waals surface area contributed by atoms with E-state index < -0.39 is 23.1 Å². The molecule has 5 rings (SSSR count). The third kappa shape index (κ3) is 4.36. The summed E-state index contributed by atoms with van der Waals surface area (Å²) in [5, 5.41) is 10.6. The maximum absolute atomic E-state index is 12.7. The molecule has 0 fully saturated rings. The first-order chi connectivity index (χ1) is 16.5. The van der Waals surface area contributed by atoms with E-state index in [1.165, 1.54) is 24.3 Å². The van der Waals surface area contributed by atoms with Crippen molar-refractivity contribution in [3.8, 4) is 17.2 Å². The molecule has 0 amide bonds. The molecule has 34 heavy (non-hydrogen) atoms. The highest BCUT2D eigenvalue weighted by atomic mass is 16.7. The molecular formula is C26H25NO7. The first kappa shape index (κ1) is 22.0. The minimum Gasteiger partial charge on any atom is -0.502 e. The molecule has 8 nitrogen and oxygen atoms in total. The van der Waals surface area contributed by atoms with Crippen molar-refractivity contribution in [3.63, 3.8) is 0 Å². The van der Waals surface area contributed by atoms with Crippen molar-refractivity contribution < 1.29 is 28.5 Å². The third-order valence-corrected chi connectivity index (χ3v) is 6.30. The standard InChI is InChI=1S/C26H25NO7/c1-31-24(29)12-20(17-6-7-22-23(10-17)33-15-32-22)26-25(30)21(28)11-19(34-26)14-27-9-8-16-4-2-3-5-18(16)13-27/h2-7,10-11,20,30H,8-9,12-15H2,1H3. The average molecular weight is 463 g/mol. The number of rotatable bonds is 6. The fourth-order valence-electron chi connectivity index (χ4n) is 4.52. The van der Waals surface area contributed by atoms with E-state index in [0.29, 0.717) is 29.4 Å². The molecule has 0 radical (unpaired) electrons. The summed E-state index contributed by atoms with van der Waals surface area (Å²) in [6.45, 7) is 2.08. The Morgan fingerprint density at radius 3 is 2.74 bits per heavy atom. The topological polar surface area (TPSA) is 98.4 Å². The second kappa shape index (κ2) is 9.23. The van der Waals surface area contributed by atoms with Gasteiger partial charge in [0.1, 0.15) is 5.76 Å². The molecule has 2 aliphatic heterocycles. The molecular weight excluding hydrogens is 438 g/mol. The maximum atomic E-state index is 12.7. The lowest BCUT2D eigenvalue weighted by atomic mass is 9.92. The average Bonchev–Trinajstić information content (AvgIpc) is 3.32. The van der Waals surface area contributed by atoms with Crippen molar-refractivity contribution in [1.82, 2.24) is 4.90 Å². The normalized spacial score (nSPS) is 15.6. The van der Waals surface area contributed by atoms with Gasteiger partial charge in [-0.25, -0.2) is 0 Å². The number of ether oxygens (including phenoxy) is 3. The fraction of sp³-hybridized carbons (Fsp3) is 0.308. The molecule has 0 spiro atoms. The Morgan fingerprint density at radius 2 is 1.91 bits per heavy atom. The van der Waals surface area contributed by atoms with E-state index in [-0.39, 0.29) is 19.0 Å². The van der Waals surface area contributed by atoms with Crippen molar-refractivity contribution in [2.45, 2.75) is 31.8 Å². The van der Waals surface area contributed by atoms with Crippen molar-refractivity contribution in [1.29, 1.82) is 0 Å². The summed E-state index contributed by atoms with van der Waals surface area (Å²) in [7, 11) is 1.29. The van der Waals surface area contributed by atoms with Gasteiger partial charge in [0.05, 0.1) is 26.0 Å². The van der Waals surface area contributed by atoms with Gasteiger partial charge >= 0.3 is 5.97 Å². The Hall–Kier alpha value is -3.78. The van der Waals surface area contributed by atoms with Gasteiger partial charge in [-0.05, 0) is 35.2 Å². The smallest absolute Gasteiger partial charge is 0.306 e. The molecule has 2 aromatic carbocycles. The zero-order chi connectivity index (χ0) is 23.7. The predicted octanol–water partition coefficient (Wildman–Crippen LogP) is 3.33. The van der Waals surface area contributed by atoms with Crippen LogP contribution in [0.3, 0.4) is 0 Å². The molecule has 3 heterocycles. The number of hydrogen-bond acceptors (Lipinski definition) is 8. The zero-order valence-corrected chi connectivity index (χ0v) is 18.8. The van der Waals surface area contributed by atoms with Crippen LogP contribution in [-0.4, -0.2) is 36.4 Å². The molecule has 1 unspecified atom stereocenters. The van der Waals surface area contributed by atoms with Crippen LogP contribution in [0, 0.1) is 0 Å². The summed E-state index contributed by atoms with van der Waals surface area (Å²) in [4.78, 5) is 27.1. The van der Waals surface area contributed by atoms with Gasteiger partial charge in [0.25, 0.3) is 0 Å². The van der Waals surface area contributed by atoms with Gasteiger partial charge in [-0.2, -0.15) is 0 Å². The van der Waals surface area contributed by atoms with E-state index in [1.807, 2.05) is 12.1 Å². The number of carbonyl (C=O) groups is 1. The molecule has 0 aliphatic carbocycles. The van der Waals surface area contributed by atoms with E-state index in [9.17, 15) is 14.7 Å². The van der Waals surface area contributed by atoms with Gasteiger partial charge < -0.3 is 23.7 Å². The van der Waals surface area contributed by atoms with Gasteiger partial charge in [0.15, 0.2) is 17.3 Å². The third-order valence-electron chi connectivity index (χ3n) is 6.30. The molecule has 1 atom stereocenters. The zero-order valence-electron chi connectivity index (χ0n) is 18.8. The molecule has 0 bridgehead atoms. The Morgan fingerprint density at radius 1 is 1.12 bits per heavy atom. The summed E-state index contributed by atoms with van der Waals surface area (Å²) in [5.41, 5.74) is 2.66. The lowest BCUT2D eigenvalue weighted by Crippen LogP contribution is -2.30. The van der Waals surface area contributed by atoms with Crippen LogP contribution in [-0.2, 0) is 29.0 Å². The van der Waals surface area contributed by atoms with E-state index in [2.05, 4.69) is 17.0 Å². The number of esters is 1. The van der Waals surface area contributed by atoms with Crippen LogP contribution >= 0.6 is 0 Å². The number of methoxy groups -OCH3 is 1. The van der Waals surface area contributed by atoms with Gasteiger partial charge in [0.2, 0.25) is 18.0 Å². The highest BCUT2D eigenvalue weighted by Gasteiger charge is 2.29. The van der Waals surface area contributed by atoms with E-state index >= 15 is 0 Å². The van der Waals surface area contributed by atoms with Crippen LogP contribution in [0.15, 0.2) is 57.7 Å². The van der Waals surface area contributed by atoms with E-state index in [1.54, 1.807) is 18.2 Å². The number of benzene rings is 2. The first-order valence-corrected chi connectivity index (χ1v) is 11.1. The molecule has 2 aliphatic rings. The largest absolute Gasteiger partial charge is 0.502 e. The SMILES string of the molecule is COC(=O)CC(c1ccc2c(c1)OCO2)c1oc(CN2CCc3ccccc3C2)cc(=O)c1O. The Balaban J connectivity index is 1.48. The van der Waals surface area contributed by atoms with Crippen molar-refractivity contribution in [2.75, 3.05) is 20.4 Å². The minimum absolute atomic E-state index is 0.0316. The highest BCUT2D eigenvalue weighted by Crippen LogP contribution is 2.39. The fourth-order valence-corrected chi connectivity index (χ4v) is 4.52. The van der Waals surface area contributed by atoms with Gasteiger partial charge in [-0.1, -0.05) is 30.3 Å². The first-order valence-electron chi connectivity index (χ1n) is 11.1. The number of carbonyl (C=O) groups excluding carboxylic acids is 1. The summed E-state index contributed by atoms with van der Waals surface area (Å²) in [6, 6.07) is 14.8. The molecule has 3 aromatic rings. The monoisotopic (exact) mass is 463 g/mol. The number of nitrogens with zero attached hydrogens (tertiary/aromatic N) is 1. The van der Waals surface area contributed by atoms with Crippen LogP contribution in [0.25, 0.3) is 0 Å². The summed E-state index contributed by atoms with van der Waals surface area (Å²) in [5.74, 6) is -0.182. The van der Waals surface area contributed by atoms with Crippen LogP contribution in [0.2, 0.25) is 0 Å². The van der Waals surface area contributed by atoms with Crippen LogP contribution in [0.4, 0.5) is 0 Å². The molecule has 1 N–H and O–H groups in total. The molecule has 8 heteroatoms. The van der Waals surface area contributed by atoms with Crippen LogP contribution < -0.4 is 14.9 Å². The Bertz CT molecular complexity index is 1280. The lowest BCUT2D eigenvalue weighted by Gasteiger charge is -2.28. The minimum atomic E-state index is -0.739.